The van der Waals surface area contributed by atoms with Crippen molar-refractivity contribution in [3.63, 3.8) is 0 Å². The maximum absolute atomic E-state index is 12.5. The van der Waals surface area contributed by atoms with Crippen LogP contribution in [0.5, 0.6) is 5.75 Å². The summed E-state index contributed by atoms with van der Waals surface area (Å²) in [6.45, 7) is 0.528. The number of ether oxygens (including phenoxy) is 1. The highest BCUT2D eigenvalue weighted by Gasteiger charge is 2.17. The summed E-state index contributed by atoms with van der Waals surface area (Å²) in [5.41, 5.74) is 1.58. The minimum atomic E-state index is -0.0776. The molecule has 0 bridgehead atoms. The summed E-state index contributed by atoms with van der Waals surface area (Å²) in [4.78, 5) is 18.1. The summed E-state index contributed by atoms with van der Waals surface area (Å²) >= 11 is 3.37. The molecule has 0 aliphatic carbocycles. The third-order valence-electron chi connectivity index (χ3n) is 2.91. The van der Waals surface area contributed by atoms with Crippen molar-refractivity contribution in [3.8, 4) is 5.75 Å². The molecule has 5 heteroatoms. The Balaban J connectivity index is 2.18. The number of benzene rings is 1. The van der Waals surface area contributed by atoms with Crippen molar-refractivity contribution >= 4 is 21.8 Å². The summed E-state index contributed by atoms with van der Waals surface area (Å²) in [6, 6.07) is 9.16. The van der Waals surface area contributed by atoms with Gasteiger partial charge in [0.15, 0.2) is 0 Å². The Morgan fingerprint density at radius 1 is 1.30 bits per heavy atom. The van der Waals surface area contributed by atoms with Crippen LogP contribution in [0.15, 0.2) is 47.2 Å². The van der Waals surface area contributed by atoms with Gasteiger partial charge in [-0.15, -0.1) is 0 Å². The molecule has 1 heterocycles. The zero-order chi connectivity index (χ0) is 14.5. The molecule has 0 atom stereocenters. The van der Waals surface area contributed by atoms with Gasteiger partial charge >= 0.3 is 0 Å². The number of amides is 1. The van der Waals surface area contributed by atoms with Crippen LogP contribution in [0, 0.1) is 0 Å². The van der Waals surface area contributed by atoms with Gasteiger partial charge < -0.3 is 9.64 Å². The van der Waals surface area contributed by atoms with Gasteiger partial charge in [0.25, 0.3) is 5.91 Å². The Labute approximate surface area is 126 Å². The Morgan fingerprint density at radius 2 is 2.00 bits per heavy atom. The van der Waals surface area contributed by atoms with Gasteiger partial charge in [-0.3, -0.25) is 9.78 Å². The predicted molar refractivity (Wildman–Crippen MR) is 80.7 cm³/mol. The van der Waals surface area contributed by atoms with E-state index in [2.05, 4.69) is 20.9 Å². The van der Waals surface area contributed by atoms with Crippen LogP contribution in [0.4, 0.5) is 0 Å². The Morgan fingerprint density at radius 3 is 2.65 bits per heavy atom. The highest BCUT2D eigenvalue weighted by Crippen LogP contribution is 2.24. The second-order valence-corrected chi connectivity index (χ2v) is 5.28. The molecule has 0 unspecified atom stereocenters. The summed E-state index contributed by atoms with van der Waals surface area (Å²) in [5.74, 6) is 0.483. The Hall–Kier alpha value is -1.88. The van der Waals surface area contributed by atoms with Crippen molar-refractivity contribution in [1.29, 1.82) is 0 Å². The first kappa shape index (κ1) is 14.5. The lowest BCUT2D eigenvalue weighted by Crippen LogP contribution is -2.26. The number of nitrogens with zero attached hydrogens (tertiary/aromatic N) is 2. The van der Waals surface area contributed by atoms with E-state index in [1.54, 1.807) is 43.6 Å². The van der Waals surface area contributed by atoms with Gasteiger partial charge in [0.1, 0.15) is 5.75 Å². The molecule has 2 aromatic rings. The van der Waals surface area contributed by atoms with E-state index in [9.17, 15) is 4.79 Å². The number of hydrogen-bond donors (Lipinski definition) is 0. The highest BCUT2D eigenvalue weighted by atomic mass is 79.9. The van der Waals surface area contributed by atoms with Crippen molar-refractivity contribution in [2.45, 2.75) is 6.54 Å². The minimum absolute atomic E-state index is 0.0776. The standard InChI is InChI=1S/C15H15BrN2O2/c1-18(10-11-5-7-17-8-6-11)15(19)13-4-3-12(16)9-14(13)20-2/h3-9H,10H2,1-2H3. The molecule has 104 valence electrons. The van der Waals surface area contributed by atoms with Gasteiger partial charge in [-0.2, -0.15) is 0 Å². The molecular formula is C15H15BrN2O2. The number of halogens is 1. The molecule has 1 amide bonds. The average Bonchev–Trinajstić information content (AvgIpc) is 2.47. The first-order valence-electron chi connectivity index (χ1n) is 6.09. The molecule has 0 saturated carbocycles. The van der Waals surface area contributed by atoms with Crippen molar-refractivity contribution in [3.05, 3.63) is 58.3 Å². The minimum Gasteiger partial charge on any atom is -0.496 e. The van der Waals surface area contributed by atoms with Gasteiger partial charge in [-0.05, 0) is 35.9 Å². The Kier molecular flexibility index (Phi) is 4.74. The predicted octanol–water partition coefficient (Wildman–Crippen LogP) is 3.12. The molecular weight excluding hydrogens is 320 g/mol. The molecule has 1 aromatic carbocycles. The van der Waals surface area contributed by atoms with Gasteiger partial charge in [0.05, 0.1) is 12.7 Å². The number of pyridine rings is 1. The van der Waals surface area contributed by atoms with Crippen LogP contribution in [0.2, 0.25) is 0 Å². The lowest BCUT2D eigenvalue weighted by atomic mass is 10.1. The summed E-state index contributed by atoms with van der Waals surface area (Å²) in [6.07, 6.45) is 3.43. The quantitative estimate of drug-likeness (QED) is 0.862. The van der Waals surface area contributed by atoms with Crippen LogP contribution >= 0.6 is 15.9 Å². The van der Waals surface area contributed by atoms with Crippen LogP contribution in [0.3, 0.4) is 0 Å². The van der Waals surface area contributed by atoms with Crippen LogP contribution in [-0.2, 0) is 6.54 Å². The number of carbonyl (C=O) groups excluding carboxylic acids is 1. The molecule has 2 rings (SSSR count). The molecule has 0 aliphatic heterocycles. The van der Waals surface area contributed by atoms with E-state index in [1.807, 2.05) is 18.2 Å². The van der Waals surface area contributed by atoms with E-state index in [0.29, 0.717) is 17.9 Å². The maximum atomic E-state index is 12.5. The summed E-state index contributed by atoms with van der Waals surface area (Å²) in [7, 11) is 3.33. The zero-order valence-electron chi connectivity index (χ0n) is 11.3. The fourth-order valence-corrected chi connectivity index (χ4v) is 2.22. The van der Waals surface area contributed by atoms with Crippen LogP contribution in [-0.4, -0.2) is 29.9 Å². The third kappa shape index (κ3) is 3.36. The fourth-order valence-electron chi connectivity index (χ4n) is 1.88. The molecule has 0 radical (unpaired) electrons. The van der Waals surface area contributed by atoms with Gasteiger partial charge in [-0.1, -0.05) is 15.9 Å². The maximum Gasteiger partial charge on any atom is 0.257 e. The van der Waals surface area contributed by atoms with Crippen LogP contribution in [0.25, 0.3) is 0 Å². The Bertz CT molecular complexity index is 602. The van der Waals surface area contributed by atoms with Crippen molar-refractivity contribution in [2.24, 2.45) is 0 Å². The van der Waals surface area contributed by atoms with Gasteiger partial charge in [0.2, 0.25) is 0 Å². The molecule has 20 heavy (non-hydrogen) atoms. The number of rotatable bonds is 4. The first-order valence-corrected chi connectivity index (χ1v) is 6.89. The number of hydrogen-bond acceptors (Lipinski definition) is 3. The number of methoxy groups -OCH3 is 1. The molecule has 0 aliphatic rings. The summed E-state index contributed by atoms with van der Waals surface area (Å²) in [5, 5.41) is 0. The van der Waals surface area contributed by atoms with Gasteiger partial charge in [0, 0.05) is 30.5 Å². The molecule has 0 spiro atoms. The van der Waals surface area contributed by atoms with Gasteiger partial charge in [-0.25, -0.2) is 0 Å². The van der Waals surface area contributed by atoms with E-state index >= 15 is 0 Å². The molecule has 1 aromatic heterocycles. The molecule has 4 nitrogen and oxygen atoms in total. The average molecular weight is 335 g/mol. The largest absolute Gasteiger partial charge is 0.496 e. The number of aromatic nitrogens is 1. The molecule has 0 saturated heterocycles. The van der Waals surface area contributed by atoms with E-state index in [4.69, 9.17) is 4.74 Å². The van der Waals surface area contributed by atoms with Crippen LogP contribution < -0.4 is 4.74 Å². The SMILES string of the molecule is COc1cc(Br)ccc1C(=O)N(C)Cc1ccncc1. The smallest absolute Gasteiger partial charge is 0.257 e. The fraction of sp³-hybridized carbons (Fsp3) is 0.200. The van der Waals surface area contributed by atoms with E-state index < -0.39 is 0 Å². The van der Waals surface area contributed by atoms with Crippen molar-refractivity contribution in [2.75, 3.05) is 14.2 Å². The second-order valence-electron chi connectivity index (χ2n) is 4.36. The van der Waals surface area contributed by atoms with Crippen molar-refractivity contribution < 1.29 is 9.53 Å². The molecule has 0 fully saturated rings. The summed E-state index contributed by atoms with van der Waals surface area (Å²) < 4.78 is 6.14. The van der Waals surface area contributed by atoms with E-state index in [0.717, 1.165) is 10.0 Å². The topological polar surface area (TPSA) is 42.4 Å². The number of carbonyl (C=O) groups is 1. The molecule has 0 N–H and O–H groups in total. The lowest BCUT2D eigenvalue weighted by Gasteiger charge is -2.18. The second kappa shape index (κ2) is 6.52. The van der Waals surface area contributed by atoms with Crippen LogP contribution in [0.1, 0.15) is 15.9 Å². The lowest BCUT2D eigenvalue weighted by molar-refractivity contribution is 0.0781. The third-order valence-corrected chi connectivity index (χ3v) is 3.40. The normalized spacial score (nSPS) is 10.2. The monoisotopic (exact) mass is 334 g/mol. The van der Waals surface area contributed by atoms with E-state index in [-0.39, 0.29) is 5.91 Å². The first-order chi connectivity index (χ1) is 9.61. The van der Waals surface area contributed by atoms with Crippen molar-refractivity contribution in [1.82, 2.24) is 9.88 Å². The van der Waals surface area contributed by atoms with E-state index in [1.165, 1.54) is 0 Å². The highest BCUT2D eigenvalue weighted by molar-refractivity contribution is 9.10. The zero-order valence-corrected chi connectivity index (χ0v) is 12.9.